The summed E-state index contributed by atoms with van der Waals surface area (Å²) < 4.78 is 5.15. The molecule has 0 fully saturated rings. The molecule has 5 nitrogen and oxygen atoms in total. The number of thiazole rings is 1. The van der Waals surface area contributed by atoms with Crippen LogP contribution in [-0.2, 0) is 16.0 Å². The summed E-state index contributed by atoms with van der Waals surface area (Å²) >= 11 is 7.14. The Hall–Kier alpha value is -1.92. The number of fused-ring (bicyclic) bond motifs is 1. The number of nitrogens with one attached hydrogen (secondary N) is 1. The number of esters is 1. The molecule has 2 heterocycles. The Morgan fingerprint density at radius 2 is 2.35 bits per heavy atom. The van der Waals surface area contributed by atoms with E-state index in [0.717, 1.165) is 5.56 Å². The maximum atomic E-state index is 12.0. The standard InChI is InChI=1S/C13H9ClN2O3S/c14-8-2-1-7-5-10(19-12(18)9(7)6-8)11(17)16-13-15-3-4-20-13/h1-4,6,10H,5H2,(H,15,16,17)/t10-/m0/s1. The number of benzene rings is 1. The quantitative estimate of drug-likeness (QED) is 0.866. The zero-order valence-electron chi connectivity index (χ0n) is 10.1. The van der Waals surface area contributed by atoms with Gasteiger partial charge in [0, 0.05) is 23.0 Å². The predicted molar refractivity (Wildman–Crippen MR) is 75.1 cm³/mol. The van der Waals surface area contributed by atoms with E-state index in [4.69, 9.17) is 16.3 Å². The normalized spacial score (nSPS) is 17.2. The van der Waals surface area contributed by atoms with Crippen LogP contribution in [0.3, 0.4) is 0 Å². The lowest BCUT2D eigenvalue weighted by molar-refractivity contribution is -0.125. The van der Waals surface area contributed by atoms with Crippen LogP contribution in [0.15, 0.2) is 29.8 Å². The number of hydrogen-bond acceptors (Lipinski definition) is 5. The molecule has 0 aliphatic carbocycles. The molecule has 1 aliphatic rings. The van der Waals surface area contributed by atoms with Gasteiger partial charge in [0.1, 0.15) is 0 Å². The third kappa shape index (κ3) is 2.52. The fourth-order valence-corrected chi connectivity index (χ4v) is 2.67. The van der Waals surface area contributed by atoms with Crippen LogP contribution in [0.1, 0.15) is 15.9 Å². The molecule has 0 bridgehead atoms. The summed E-state index contributed by atoms with van der Waals surface area (Å²) in [4.78, 5) is 27.9. The molecule has 0 spiro atoms. The fraction of sp³-hybridized carbons (Fsp3) is 0.154. The van der Waals surface area contributed by atoms with Crippen molar-refractivity contribution in [1.29, 1.82) is 0 Å². The number of halogens is 1. The minimum Gasteiger partial charge on any atom is -0.448 e. The SMILES string of the molecule is O=C1O[C@H](C(=O)Nc2nccs2)Cc2ccc(Cl)cc21. The van der Waals surface area contributed by atoms with E-state index < -0.39 is 12.1 Å². The lowest BCUT2D eigenvalue weighted by atomic mass is 9.98. The van der Waals surface area contributed by atoms with Crippen molar-refractivity contribution >= 4 is 39.9 Å². The Balaban J connectivity index is 1.79. The summed E-state index contributed by atoms with van der Waals surface area (Å²) in [6, 6.07) is 4.98. The summed E-state index contributed by atoms with van der Waals surface area (Å²) in [5.41, 5.74) is 1.17. The van der Waals surface area contributed by atoms with Gasteiger partial charge in [0.05, 0.1) is 5.56 Å². The Labute approximate surface area is 123 Å². The van der Waals surface area contributed by atoms with Gasteiger partial charge in [-0.25, -0.2) is 9.78 Å². The second-order valence-corrected chi connectivity index (χ2v) is 5.56. The van der Waals surface area contributed by atoms with Gasteiger partial charge in [-0.15, -0.1) is 11.3 Å². The third-order valence-corrected chi connectivity index (χ3v) is 3.82. The van der Waals surface area contributed by atoms with Crippen LogP contribution in [0.4, 0.5) is 5.13 Å². The van der Waals surface area contributed by atoms with E-state index in [0.29, 0.717) is 22.1 Å². The minimum absolute atomic E-state index is 0.329. The molecule has 1 N–H and O–H groups in total. The van der Waals surface area contributed by atoms with Gasteiger partial charge in [0.2, 0.25) is 0 Å². The summed E-state index contributed by atoms with van der Waals surface area (Å²) in [6.45, 7) is 0. The van der Waals surface area contributed by atoms with E-state index in [1.165, 1.54) is 11.3 Å². The molecule has 7 heteroatoms. The van der Waals surface area contributed by atoms with Gasteiger partial charge < -0.3 is 4.74 Å². The molecule has 0 saturated carbocycles. The predicted octanol–water partition coefficient (Wildman–Crippen LogP) is 2.52. The maximum Gasteiger partial charge on any atom is 0.339 e. The van der Waals surface area contributed by atoms with Gasteiger partial charge in [-0.1, -0.05) is 17.7 Å². The molecular formula is C13H9ClN2O3S. The van der Waals surface area contributed by atoms with Crippen molar-refractivity contribution in [2.24, 2.45) is 0 Å². The number of cyclic esters (lactones) is 1. The lowest BCUT2D eigenvalue weighted by Crippen LogP contribution is -2.37. The van der Waals surface area contributed by atoms with E-state index >= 15 is 0 Å². The molecule has 2 aromatic rings. The number of anilines is 1. The number of carbonyl (C=O) groups is 2. The van der Waals surface area contributed by atoms with Crippen LogP contribution in [0.2, 0.25) is 5.02 Å². The molecule has 102 valence electrons. The van der Waals surface area contributed by atoms with Crippen molar-refractivity contribution in [3.05, 3.63) is 45.9 Å². The highest BCUT2D eigenvalue weighted by atomic mass is 35.5. The van der Waals surface area contributed by atoms with Crippen LogP contribution in [0, 0.1) is 0 Å². The highest BCUT2D eigenvalue weighted by Crippen LogP contribution is 2.24. The Morgan fingerprint density at radius 3 is 3.10 bits per heavy atom. The van der Waals surface area contributed by atoms with Crippen molar-refractivity contribution in [1.82, 2.24) is 4.98 Å². The van der Waals surface area contributed by atoms with Gasteiger partial charge in [0.25, 0.3) is 5.91 Å². The molecule has 1 amide bonds. The second-order valence-electron chi connectivity index (χ2n) is 4.23. The van der Waals surface area contributed by atoms with E-state index in [1.807, 2.05) is 0 Å². The molecule has 0 unspecified atom stereocenters. The fourth-order valence-electron chi connectivity index (χ4n) is 1.97. The van der Waals surface area contributed by atoms with Crippen molar-refractivity contribution in [3.8, 4) is 0 Å². The van der Waals surface area contributed by atoms with E-state index in [1.54, 1.807) is 29.8 Å². The van der Waals surface area contributed by atoms with Gasteiger partial charge in [0.15, 0.2) is 11.2 Å². The zero-order chi connectivity index (χ0) is 14.1. The molecular weight excluding hydrogens is 300 g/mol. The summed E-state index contributed by atoms with van der Waals surface area (Å²) in [6.07, 6.45) is 1.07. The minimum atomic E-state index is -0.847. The smallest absolute Gasteiger partial charge is 0.339 e. The van der Waals surface area contributed by atoms with Gasteiger partial charge in [-0.2, -0.15) is 0 Å². The number of nitrogens with zero attached hydrogens (tertiary/aromatic N) is 1. The number of amides is 1. The molecule has 1 aliphatic heterocycles. The topological polar surface area (TPSA) is 68.3 Å². The van der Waals surface area contributed by atoms with Crippen molar-refractivity contribution in [2.45, 2.75) is 12.5 Å². The highest BCUT2D eigenvalue weighted by Gasteiger charge is 2.31. The number of rotatable bonds is 2. The average Bonchev–Trinajstić information content (AvgIpc) is 2.92. The summed E-state index contributed by atoms with van der Waals surface area (Å²) in [7, 11) is 0. The van der Waals surface area contributed by atoms with Crippen LogP contribution in [-0.4, -0.2) is 23.0 Å². The third-order valence-electron chi connectivity index (χ3n) is 2.90. The first-order valence-corrected chi connectivity index (χ1v) is 7.09. The largest absolute Gasteiger partial charge is 0.448 e. The molecule has 1 aromatic carbocycles. The first kappa shape index (κ1) is 13.1. The second kappa shape index (κ2) is 5.22. The molecule has 1 aromatic heterocycles. The van der Waals surface area contributed by atoms with E-state index in [9.17, 15) is 9.59 Å². The first-order chi connectivity index (χ1) is 9.63. The van der Waals surface area contributed by atoms with E-state index in [-0.39, 0.29) is 5.91 Å². The van der Waals surface area contributed by atoms with Crippen molar-refractivity contribution in [2.75, 3.05) is 5.32 Å². The molecule has 3 rings (SSSR count). The van der Waals surface area contributed by atoms with Crippen LogP contribution >= 0.6 is 22.9 Å². The maximum absolute atomic E-state index is 12.0. The Morgan fingerprint density at radius 1 is 1.50 bits per heavy atom. The summed E-state index contributed by atoms with van der Waals surface area (Å²) in [5, 5.41) is 5.31. The van der Waals surface area contributed by atoms with Gasteiger partial charge in [-0.05, 0) is 17.7 Å². The average molecular weight is 309 g/mol. The number of ether oxygens (including phenoxy) is 1. The Bertz CT molecular complexity index is 672. The lowest BCUT2D eigenvalue weighted by Gasteiger charge is -2.23. The van der Waals surface area contributed by atoms with Gasteiger partial charge >= 0.3 is 5.97 Å². The van der Waals surface area contributed by atoms with Crippen molar-refractivity contribution in [3.63, 3.8) is 0 Å². The van der Waals surface area contributed by atoms with E-state index in [2.05, 4.69) is 10.3 Å². The number of hydrogen-bond donors (Lipinski definition) is 1. The summed E-state index contributed by atoms with van der Waals surface area (Å²) in [5.74, 6) is -0.915. The van der Waals surface area contributed by atoms with Crippen molar-refractivity contribution < 1.29 is 14.3 Å². The monoisotopic (exact) mass is 308 g/mol. The van der Waals surface area contributed by atoms with Crippen LogP contribution < -0.4 is 5.32 Å². The highest BCUT2D eigenvalue weighted by molar-refractivity contribution is 7.13. The number of carbonyl (C=O) groups excluding carboxylic acids is 2. The van der Waals surface area contributed by atoms with Gasteiger partial charge in [-0.3, -0.25) is 10.1 Å². The van der Waals surface area contributed by atoms with Crippen LogP contribution in [0.5, 0.6) is 0 Å². The molecule has 0 saturated heterocycles. The molecule has 1 atom stereocenters. The molecule has 20 heavy (non-hydrogen) atoms. The first-order valence-electron chi connectivity index (χ1n) is 5.83. The number of aromatic nitrogens is 1. The molecule has 0 radical (unpaired) electrons. The Kier molecular flexibility index (Phi) is 3.42. The zero-order valence-corrected chi connectivity index (χ0v) is 11.7. The van der Waals surface area contributed by atoms with Crippen LogP contribution in [0.25, 0.3) is 0 Å².